The van der Waals surface area contributed by atoms with Crippen molar-refractivity contribution in [3.8, 4) is 0 Å². The molecule has 0 spiro atoms. The molecule has 0 saturated carbocycles. The van der Waals surface area contributed by atoms with Crippen LogP contribution < -0.4 is 0 Å². The number of esters is 1. The van der Waals surface area contributed by atoms with Crippen LogP contribution in [0, 0.1) is 0 Å². The zero-order chi connectivity index (χ0) is 26.4. The molecule has 0 aliphatic carbocycles. The van der Waals surface area contributed by atoms with Crippen molar-refractivity contribution in [2.24, 2.45) is 0 Å². The third kappa shape index (κ3) is 28.4. The van der Waals surface area contributed by atoms with Gasteiger partial charge in [0, 0.05) is 0 Å². The molecule has 0 radical (unpaired) electrons. The van der Waals surface area contributed by atoms with Gasteiger partial charge in [-0.1, -0.05) is 168 Å². The van der Waals surface area contributed by atoms with Crippen molar-refractivity contribution in [1.29, 1.82) is 0 Å². The van der Waals surface area contributed by atoms with Gasteiger partial charge < -0.3 is 4.74 Å². The summed E-state index contributed by atoms with van der Waals surface area (Å²) in [5.74, 6) is 1.08. The maximum absolute atomic E-state index is 12.2. The van der Waals surface area contributed by atoms with E-state index in [-0.39, 0.29) is 11.2 Å². The SMILES string of the molecule is CCCCCCCCCCCCCCCCCCOC(=O)C(C)SCCCCCCCCCCCC. The highest BCUT2D eigenvalue weighted by atomic mass is 32.2. The second-order valence-electron chi connectivity index (χ2n) is 11.2. The summed E-state index contributed by atoms with van der Waals surface area (Å²) in [5, 5.41) is -0.00961. The maximum Gasteiger partial charge on any atom is 0.318 e. The normalized spacial score (nSPS) is 12.2. The molecule has 3 heteroatoms. The summed E-state index contributed by atoms with van der Waals surface area (Å²) in [6.07, 6.45) is 35.6. The fraction of sp³-hybridized carbons (Fsp3) is 0.970. The lowest BCUT2D eigenvalue weighted by Crippen LogP contribution is -2.18. The first-order chi connectivity index (χ1) is 17.7. The summed E-state index contributed by atoms with van der Waals surface area (Å²) in [7, 11) is 0. The molecule has 0 heterocycles. The standard InChI is InChI=1S/C33H66O2S/c1-4-6-8-10-12-14-16-17-18-19-20-21-22-24-26-28-30-35-33(34)32(3)36-31-29-27-25-23-15-13-11-9-7-5-2/h32H,4-31H2,1-3H3. The van der Waals surface area contributed by atoms with Crippen LogP contribution in [0.5, 0.6) is 0 Å². The predicted octanol–water partition coefficient (Wildman–Crippen LogP) is 11.8. The van der Waals surface area contributed by atoms with E-state index in [1.807, 2.05) is 6.92 Å². The Balaban J connectivity index is 3.27. The smallest absolute Gasteiger partial charge is 0.318 e. The van der Waals surface area contributed by atoms with E-state index in [0.29, 0.717) is 6.61 Å². The van der Waals surface area contributed by atoms with Crippen LogP contribution in [0.15, 0.2) is 0 Å². The molecule has 0 aromatic carbocycles. The quantitative estimate of drug-likeness (QED) is 0.0687. The van der Waals surface area contributed by atoms with E-state index in [9.17, 15) is 4.79 Å². The summed E-state index contributed by atoms with van der Waals surface area (Å²) in [6.45, 7) is 7.19. The molecule has 0 saturated heterocycles. The Kier molecular flexibility index (Phi) is 30.9. The monoisotopic (exact) mass is 526 g/mol. The fourth-order valence-corrected chi connectivity index (χ4v) is 5.79. The first kappa shape index (κ1) is 35.8. The third-order valence-electron chi connectivity index (χ3n) is 7.44. The molecule has 0 bridgehead atoms. The molecule has 0 aliphatic rings. The molecule has 0 aromatic rings. The van der Waals surface area contributed by atoms with Crippen molar-refractivity contribution in [3.63, 3.8) is 0 Å². The van der Waals surface area contributed by atoms with E-state index in [0.717, 1.165) is 12.2 Å². The van der Waals surface area contributed by atoms with Crippen LogP contribution >= 0.6 is 11.8 Å². The molecule has 0 aliphatic heterocycles. The van der Waals surface area contributed by atoms with Crippen molar-refractivity contribution in [2.45, 2.75) is 193 Å². The highest BCUT2D eigenvalue weighted by Gasteiger charge is 2.14. The second-order valence-corrected chi connectivity index (χ2v) is 12.6. The number of unbranched alkanes of at least 4 members (excludes halogenated alkanes) is 24. The first-order valence-corrected chi connectivity index (χ1v) is 17.6. The van der Waals surface area contributed by atoms with Crippen molar-refractivity contribution < 1.29 is 9.53 Å². The van der Waals surface area contributed by atoms with E-state index >= 15 is 0 Å². The Morgan fingerprint density at radius 3 is 1.17 bits per heavy atom. The second kappa shape index (κ2) is 31.0. The van der Waals surface area contributed by atoms with E-state index in [1.165, 1.54) is 161 Å². The third-order valence-corrected chi connectivity index (χ3v) is 8.66. The molecule has 0 N–H and O–H groups in total. The van der Waals surface area contributed by atoms with Gasteiger partial charge in [0.25, 0.3) is 0 Å². The van der Waals surface area contributed by atoms with Gasteiger partial charge in [-0.2, -0.15) is 0 Å². The lowest BCUT2D eigenvalue weighted by Gasteiger charge is -2.11. The van der Waals surface area contributed by atoms with Crippen LogP contribution in [0.3, 0.4) is 0 Å². The summed E-state index contributed by atoms with van der Waals surface area (Å²) < 4.78 is 5.51. The van der Waals surface area contributed by atoms with Crippen molar-refractivity contribution >= 4 is 17.7 Å². The lowest BCUT2D eigenvalue weighted by molar-refractivity contribution is -0.142. The highest BCUT2D eigenvalue weighted by Crippen LogP contribution is 2.17. The largest absolute Gasteiger partial charge is 0.465 e. The van der Waals surface area contributed by atoms with Crippen molar-refractivity contribution in [2.75, 3.05) is 12.4 Å². The van der Waals surface area contributed by atoms with Crippen molar-refractivity contribution in [1.82, 2.24) is 0 Å². The van der Waals surface area contributed by atoms with E-state index in [1.54, 1.807) is 11.8 Å². The molecule has 0 rings (SSSR count). The Bertz CT molecular complexity index is 426. The maximum atomic E-state index is 12.2. The number of carbonyl (C=O) groups is 1. The molecule has 36 heavy (non-hydrogen) atoms. The molecule has 1 unspecified atom stereocenters. The molecular formula is C33H66O2S. The molecule has 2 nitrogen and oxygen atoms in total. The zero-order valence-electron chi connectivity index (χ0n) is 25.1. The Morgan fingerprint density at radius 2 is 0.806 bits per heavy atom. The Hall–Kier alpha value is -0.180. The fourth-order valence-electron chi connectivity index (χ4n) is 4.86. The van der Waals surface area contributed by atoms with Gasteiger partial charge in [-0.15, -0.1) is 11.8 Å². The molecule has 1 atom stereocenters. The summed E-state index contributed by atoms with van der Waals surface area (Å²) in [4.78, 5) is 12.2. The summed E-state index contributed by atoms with van der Waals surface area (Å²) in [6, 6.07) is 0. The van der Waals surface area contributed by atoms with Gasteiger partial charge in [0.05, 0.1) is 11.9 Å². The van der Waals surface area contributed by atoms with Crippen LogP contribution in [0.4, 0.5) is 0 Å². The highest BCUT2D eigenvalue weighted by molar-refractivity contribution is 8.00. The van der Waals surface area contributed by atoms with Crippen LogP contribution in [0.2, 0.25) is 0 Å². The molecule has 216 valence electrons. The summed E-state index contributed by atoms with van der Waals surface area (Å²) >= 11 is 1.78. The topological polar surface area (TPSA) is 26.3 Å². The number of ether oxygens (including phenoxy) is 1. The molecule has 0 aromatic heterocycles. The van der Waals surface area contributed by atoms with Gasteiger partial charge in [0.1, 0.15) is 0 Å². The minimum atomic E-state index is -0.00961. The van der Waals surface area contributed by atoms with Crippen LogP contribution in [-0.2, 0) is 9.53 Å². The summed E-state index contributed by atoms with van der Waals surface area (Å²) in [5.41, 5.74) is 0. The lowest BCUT2D eigenvalue weighted by atomic mass is 10.0. The van der Waals surface area contributed by atoms with Gasteiger partial charge in [0.2, 0.25) is 0 Å². The van der Waals surface area contributed by atoms with E-state index in [4.69, 9.17) is 4.74 Å². The Labute approximate surface area is 232 Å². The number of thioether (sulfide) groups is 1. The number of carbonyl (C=O) groups excluding carboxylic acids is 1. The van der Waals surface area contributed by atoms with Crippen molar-refractivity contribution in [3.05, 3.63) is 0 Å². The average Bonchev–Trinajstić information content (AvgIpc) is 2.88. The molecule has 0 fully saturated rings. The number of rotatable bonds is 30. The molecular weight excluding hydrogens is 460 g/mol. The van der Waals surface area contributed by atoms with Gasteiger partial charge in [-0.25, -0.2) is 0 Å². The van der Waals surface area contributed by atoms with Crippen LogP contribution in [0.1, 0.15) is 188 Å². The number of hydrogen-bond donors (Lipinski definition) is 0. The molecule has 0 amide bonds. The van der Waals surface area contributed by atoms with Gasteiger partial charge in [-0.3, -0.25) is 4.79 Å². The van der Waals surface area contributed by atoms with E-state index < -0.39 is 0 Å². The van der Waals surface area contributed by atoms with Gasteiger partial charge in [-0.05, 0) is 25.5 Å². The minimum Gasteiger partial charge on any atom is -0.465 e. The Morgan fingerprint density at radius 1 is 0.500 bits per heavy atom. The van der Waals surface area contributed by atoms with E-state index in [2.05, 4.69) is 13.8 Å². The van der Waals surface area contributed by atoms with Gasteiger partial charge in [0.15, 0.2) is 0 Å². The van der Waals surface area contributed by atoms with Gasteiger partial charge >= 0.3 is 5.97 Å². The first-order valence-electron chi connectivity index (χ1n) is 16.5. The van der Waals surface area contributed by atoms with Crippen LogP contribution in [0.25, 0.3) is 0 Å². The minimum absolute atomic E-state index is 0.00645. The number of hydrogen-bond acceptors (Lipinski definition) is 3. The predicted molar refractivity (Wildman–Crippen MR) is 164 cm³/mol. The average molecular weight is 527 g/mol. The zero-order valence-corrected chi connectivity index (χ0v) is 25.9. The van der Waals surface area contributed by atoms with Crippen LogP contribution in [-0.4, -0.2) is 23.6 Å².